The van der Waals surface area contributed by atoms with E-state index in [9.17, 15) is 13.2 Å². The van der Waals surface area contributed by atoms with E-state index >= 15 is 0 Å². The Labute approximate surface area is 111 Å². The molecule has 0 amide bonds. The van der Waals surface area contributed by atoms with Crippen LogP contribution in [0.4, 0.5) is 18.9 Å². The second-order valence-corrected chi connectivity index (χ2v) is 5.33. The molecule has 5 heteroatoms. The molecular weight excluding hydrogens is 253 g/mol. The molecular formula is C14H19F3N2. The molecule has 1 heterocycles. The SMILES string of the molecule is Cc1ccc(C(F)(F)F)cc1N1CCC(N)CC1C. The third-order valence-corrected chi connectivity index (χ3v) is 3.76. The van der Waals surface area contributed by atoms with Gasteiger partial charge < -0.3 is 10.6 Å². The van der Waals surface area contributed by atoms with Gasteiger partial charge in [0.05, 0.1) is 5.56 Å². The summed E-state index contributed by atoms with van der Waals surface area (Å²) < 4.78 is 38.4. The zero-order chi connectivity index (χ0) is 14.2. The van der Waals surface area contributed by atoms with Gasteiger partial charge >= 0.3 is 6.18 Å². The molecule has 2 atom stereocenters. The first-order valence-electron chi connectivity index (χ1n) is 6.49. The molecule has 1 aromatic rings. The topological polar surface area (TPSA) is 29.3 Å². The largest absolute Gasteiger partial charge is 0.416 e. The van der Waals surface area contributed by atoms with E-state index in [4.69, 9.17) is 5.73 Å². The van der Waals surface area contributed by atoms with Crippen LogP contribution < -0.4 is 10.6 Å². The highest BCUT2D eigenvalue weighted by atomic mass is 19.4. The Bertz CT molecular complexity index is 456. The molecule has 2 unspecified atom stereocenters. The van der Waals surface area contributed by atoms with Gasteiger partial charge in [0, 0.05) is 24.3 Å². The number of aryl methyl sites for hydroxylation is 1. The van der Waals surface area contributed by atoms with Crippen LogP contribution in [0.3, 0.4) is 0 Å². The standard InChI is InChI=1S/C14H19F3N2/c1-9-3-4-11(14(15,16)17)8-13(9)19-6-5-12(18)7-10(19)2/h3-4,8,10,12H,5-7,18H2,1-2H3. The fourth-order valence-corrected chi connectivity index (χ4v) is 2.66. The highest BCUT2D eigenvalue weighted by molar-refractivity contribution is 5.56. The lowest BCUT2D eigenvalue weighted by atomic mass is 9.97. The third-order valence-electron chi connectivity index (χ3n) is 3.76. The van der Waals surface area contributed by atoms with Gasteiger partial charge in [-0.15, -0.1) is 0 Å². The van der Waals surface area contributed by atoms with Crippen LogP contribution in [0.15, 0.2) is 18.2 Å². The van der Waals surface area contributed by atoms with Gasteiger partial charge in [0.15, 0.2) is 0 Å². The fourth-order valence-electron chi connectivity index (χ4n) is 2.66. The normalized spacial score (nSPS) is 24.6. The van der Waals surface area contributed by atoms with Crippen LogP contribution in [-0.4, -0.2) is 18.6 Å². The Kier molecular flexibility index (Phi) is 3.76. The van der Waals surface area contributed by atoms with Crippen molar-refractivity contribution in [1.29, 1.82) is 0 Å². The molecule has 2 nitrogen and oxygen atoms in total. The molecule has 2 rings (SSSR count). The van der Waals surface area contributed by atoms with Gasteiger partial charge in [0.2, 0.25) is 0 Å². The van der Waals surface area contributed by atoms with Gasteiger partial charge in [-0.1, -0.05) is 6.07 Å². The van der Waals surface area contributed by atoms with Crippen LogP contribution in [0, 0.1) is 6.92 Å². The minimum absolute atomic E-state index is 0.150. The van der Waals surface area contributed by atoms with E-state index in [1.807, 2.05) is 18.7 Å². The monoisotopic (exact) mass is 272 g/mol. The molecule has 106 valence electrons. The van der Waals surface area contributed by atoms with E-state index in [2.05, 4.69) is 0 Å². The molecule has 0 radical (unpaired) electrons. The second kappa shape index (κ2) is 5.04. The number of hydrogen-bond acceptors (Lipinski definition) is 2. The maximum atomic E-state index is 12.8. The summed E-state index contributed by atoms with van der Waals surface area (Å²) in [5.41, 5.74) is 6.85. The molecule has 1 aromatic carbocycles. The van der Waals surface area contributed by atoms with Gasteiger partial charge in [-0.05, 0) is 44.4 Å². The first-order valence-corrected chi connectivity index (χ1v) is 6.49. The van der Waals surface area contributed by atoms with Gasteiger partial charge in [-0.2, -0.15) is 13.2 Å². The van der Waals surface area contributed by atoms with Crippen molar-refractivity contribution < 1.29 is 13.2 Å². The Hall–Kier alpha value is -1.23. The summed E-state index contributed by atoms with van der Waals surface area (Å²) in [6.07, 6.45) is -2.66. The van der Waals surface area contributed by atoms with E-state index in [0.29, 0.717) is 12.2 Å². The molecule has 1 aliphatic heterocycles. The quantitative estimate of drug-likeness (QED) is 0.849. The second-order valence-electron chi connectivity index (χ2n) is 5.33. The van der Waals surface area contributed by atoms with Gasteiger partial charge in [-0.3, -0.25) is 0 Å². The summed E-state index contributed by atoms with van der Waals surface area (Å²) in [5, 5.41) is 0. The van der Waals surface area contributed by atoms with Crippen molar-refractivity contribution in [2.75, 3.05) is 11.4 Å². The van der Waals surface area contributed by atoms with Crippen LogP contribution in [-0.2, 0) is 6.18 Å². The van der Waals surface area contributed by atoms with Gasteiger partial charge in [-0.25, -0.2) is 0 Å². The lowest BCUT2D eigenvalue weighted by Gasteiger charge is -2.39. The summed E-state index contributed by atoms with van der Waals surface area (Å²) in [7, 11) is 0. The van der Waals surface area contributed by atoms with Gasteiger partial charge in [0.1, 0.15) is 0 Å². The van der Waals surface area contributed by atoms with Crippen LogP contribution in [0.1, 0.15) is 30.9 Å². The van der Waals surface area contributed by atoms with E-state index in [1.54, 1.807) is 6.07 Å². The molecule has 1 fully saturated rings. The smallest absolute Gasteiger partial charge is 0.368 e. The summed E-state index contributed by atoms with van der Waals surface area (Å²) in [4.78, 5) is 2.04. The highest BCUT2D eigenvalue weighted by Crippen LogP contribution is 2.35. The average Bonchev–Trinajstić information content (AvgIpc) is 2.29. The van der Waals surface area contributed by atoms with E-state index in [0.717, 1.165) is 24.5 Å². The molecule has 0 bridgehead atoms. The number of halogens is 3. The number of piperidine rings is 1. The van der Waals surface area contributed by atoms with Crippen molar-refractivity contribution in [3.8, 4) is 0 Å². The van der Waals surface area contributed by atoms with Crippen LogP contribution in [0.25, 0.3) is 0 Å². The zero-order valence-corrected chi connectivity index (χ0v) is 11.2. The molecule has 1 saturated heterocycles. The third kappa shape index (κ3) is 3.03. The van der Waals surface area contributed by atoms with Crippen molar-refractivity contribution in [3.63, 3.8) is 0 Å². The molecule has 0 saturated carbocycles. The summed E-state index contributed by atoms with van der Waals surface area (Å²) in [6.45, 7) is 4.57. The van der Waals surface area contributed by atoms with E-state index in [-0.39, 0.29) is 12.1 Å². The summed E-state index contributed by atoms with van der Waals surface area (Å²) in [6, 6.07) is 4.25. The first kappa shape index (κ1) is 14.2. The van der Waals surface area contributed by atoms with Crippen molar-refractivity contribution in [2.45, 2.75) is 44.9 Å². The summed E-state index contributed by atoms with van der Waals surface area (Å²) in [5.74, 6) is 0. The first-order chi connectivity index (χ1) is 8.79. The number of anilines is 1. The Balaban J connectivity index is 2.33. The minimum atomic E-state index is -4.29. The maximum Gasteiger partial charge on any atom is 0.416 e. The van der Waals surface area contributed by atoms with Crippen molar-refractivity contribution in [2.24, 2.45) is 5.73 Å². The Morgan fingerprint density at radius 1 is 1.32 bits per heavy atom. The average molecular weight is 272 g/mol. The number of nitrogens with zero attached hydrogens (tertiary/aromatic N) is 1. The lowest BCUT2D eigenvalue weighted by Crippen LogP contribution is -2.46. The summed E-state index contributed by atoms with van der Waals surface area (Å²) >= 11 is 0. The number of nitrogens with two attached hydrogens (primary N) is 1. The Morgan fingerprint density at radius 2 is 2.00 bits per heavy atom. The number of hydrogen-bond donors (Lipinski definition) is 1. The van der Waals surface area contributed by atoms with Crippen molar-refractivity contribution >= 4 is 5.69 Å². The lowest BCUT2D eigenvalue weighted by molar-refractivity contribution is -0.137. The Morgan fingerprint density at radius 3 is 2.58 bits per heavy atom. The van der Waals surface area contributed by atoms with Crippen molar-refractivity contribution in [1.82, 2.24) is 0 Å². The predicted octanol–water partition coefficient (Wildman–Crippen LogP) is 3.33. The van der Waals surface area contributed by atoms with E-state index in [1.165, 1.54) is 6.07 Å². The van der Waals surface area contributed by atoms with E-state index < -0.39 is 11.7 Å². The number of alkyl halides is 3. The van der Waals surface area contributed by atoms with Crippen LogP contribution >= 0.6 is 0 Å². The molecule has 1 aliphatic rings. The van der Waals surface area contributed by atoms with Crippen molar-refractivity contribution in [3.05, 3.63) is 29.3 Å². The molecule has 0 aliphatic carbocycles. The minimum Gasteiger partial charge on any atom is -0.368 e. The predicted molar refractivity (Wildman–Crippen MR) is 70.2 cm³/mol. The highest BCUT2D eigenvalue weighted by Gasteiger charge is 2.32. The van der Waals surface area contributed by atoms with Crippen LogP contribution in [0.2, 0.25) is 0 Å². The molecule has 0 spiro atoms. The number of benzene rings is 1. The zero-order valence-electron chi connectivity index (χ0n) is 11.2. The van der Waals surface area contributed by atoms with Crippen LogP contribution in [0.5, 0.6) is 0 Å². The molecule has 19 heavy (non-hydrogen) atoms. The molecule has 2 N–H and O–H groups in total. The number of rotatable bonds is 1. The van der Waals surface area contributed by atoms with Gasteiger partial charge in [0.25, 0.3) is 0 Å². The molecule has 0 aromatic heterocycles. The fraction of sp³-hybridized carbons (Fsp3) is 0.571. The maximum absolute atomic E-state index is 12.8.